The Labute approximate surface area is 187 Å². The minimum absolute atomic E-state index is 0.0963. The second-order valence-electron chi connectivity index (χ2n) is 8.80. The number of nitriles is 1. The molecular weight excluding hydrogens is 407 g/mol. The highest BCUT2D eigenvalue weighted by Gasteiger charge is 2.34. The first-order valence-corrected chi connectivity index (χ1v) is 10.9. The van der Waals surface area contributed by atoms with Gasteiger partial charge in [-0.25, -0.2) is 9.37 Å². The van der Waals surface area contributed by atoms with Gasteiger partial charge >= 0.3 is 0 Å². The lowest BCUT2D eigenvalue weighted by Crippen LogP contribution is -2.57. The molecule has 0 aliphatic carbocycles. The summed E-state index contributed by atoms with van der Waals surface area (Å²) in [5.74, 6) is 0.419. The maximum absolute atomic E-state index is 13.4. The fraction of sp³-hybridized carbons (Fsp3) is 0.458. The van der Waals surface area contributed by atoms with Gasteiger partial charge in [-0.1, -0.05) is 12.1 Å². The first kappa shape index (κ1) is 22.0. The summed E-state index contributed by atoms with van der Waals surface area (Å²) in [4.78, 5) is 22.2. The molecule has 32 heavy (non-hydrogen) atoms. The van der Waals surface area contributed by atoms with Gasteiger partial charge in [0.15, 0.2) is 0 Å². The Kier molecular flexibility index (Phi) is 5.78. The van der Waals surface area contributed by atoms with Crippen LogP contribution < -0.4 is 10.5 Å². The molecule has 1 unspecified atom stereocenters. The zero-order valence-corrected chi connectivity index (χ0v) is 19.2. The van der Waals surface area contributed by atoms with Crippen molar-refractivity contribution in [2.75, 3.05) is 18.0 Å². The van der Waals surface area contributed by atoms with Crippen LogP contribution >= 0.6 is 0 Å². The number of hydrogen-bond acceptors (Lipinski definition) is 5. The maximum atomic E-state index is 13.4. The standard InChI is InChI=1S/C24H29FN6O/c1-15-14-31(16(2)13-30(15)17(3)18-6-8-19(25)9-7-18)20-12-22(32)29(5)24-23(20)27-21(10-11-26)28(24)4/h6-9,12,15-17H,10,13-14H2,1-5H3/t15-,16+,17?/m1/s1. The number of anilines is 1. The molecule has 0 spiro atoms. The van der Waals surface area contributed by atoms with Crippen LogP contribution in [0.2, 0.25) is 0 Å². The van der Waals surface area contributed by atoms with Gasteiger partial charge in [0.25, 0.3) is 5.56 Å². The van der Waals surface area contributed by atoms with E-state index >= 15 is 0 Å². The molecular formula is C24H29FN6O. The summed E-state index contributed by atoms with van der Waals surface area (Å²) >= 11 is 0. The first-order valence-electron chi connectivity index (χ1n) is 10.9. The fourth-order valence-electron chi connectivity index (χ4n) is 4.89. The van der Waals surface area contributed by atoms with Gasteiger partial charge < -0.3 is 9.47 Å². The average molecular weight is 437 g/mol. The van der Waals surface area contributed by atoms with Gasteiger partial charge in [-0.05, 0) is 38.5 Å². The second-order valence-corrected chi connectivity index (χ2v) is 8.80. The molecule has 7 nitrogen and oxygen atoms in total. The Balaban J connectivity index is 1.69. The number of imidazole rings is 1. The Bertz CT molecular complexity index is 1240. The number of halogens is 1. The Morgan fingerprint density at radius 3 is 2.50 bits per heavy atom. The number of piperazine rings is 1. The summed E-state index contributed by atoms with van der Waals surface area (Å²) in [6.07, 6.45) is 0.188. The number of aryl methyl sites for hydroxylation is 2. The molecule has 0 amide bonds. The van der Waals surface area contributed by atoms with E-state index in [0.29, 0.717) is 5.82 Å². The molecule has 3 heterocycles. The minimum Gasteiger partial charge on any atom is -0.364 e. The van der Waals surface area contributed by atoms with E-state index in [-0.39, 0.29) is 35.9 Å². The molecule has 0 bridgehead atoms. The summed E-state index contributed by atoms with van der Waals surface area (Å²) < 4.78 is 16.8. The van der Waals surface area contributed by atoms with Crippen molar-refractivity contribution in [1.82, 2.24) is 19.0 Å². The van der Waals surface area contributed by atoms with Gasteiger partial charge in [0.1, 0.15) is 22.8 Å². The third kappa shape index (κ3) is 3.67. The van der Waals surface area contributed by atoms with Crippen LogP contribution in [0.5, 0.6) is 0 Å². The molecule has 1 aromatic carbocycles. The predicted molar refractivity (Wildman–Crippen MR) is 123 cm³/mol. The molecule has 1 fully saturated rings. The third-order valence-electron chi connectivity index (χ3n) is 6.74. The van der Waals surface area contributed by atoms with Gasteiger partial charge in [-0.3, -0.25) is 14.3 Å². The van der Waals surface area contributed by atoms with Crippen LogP contribution in [-0.2, 0) is 20.5 Å². The van der Waals surface area contributed by atoms with Crippen LogP contribution in [0.1, 0.15) is 38.2 Å². The molecule has 3 aromatic rings. The molecule has 1 saturated heterocycles. The molecule has 1 aliphatic rings. The van der Waals surface area contributed by atoms with Crippen molar-refractivity contribution < 1.29 is 4.39 Å². The third-order valence-corrected chi connectivity index (χ3v) is 6.74. The zero-order chi connectivity index (χ0) is 23.2. The van der Waals surface area contributed by atoms with Gasteiger partial charge in [-0.2, -0.15) is 5.26 Å². The summed E-state index contributed by atoms with van der Waals surface area (Å²) in [7, 11) is 3.58. The minimum atomic E-state index is -0.229. The molecule has 4 rings (SSSR count). The normalized spacial score (nSPS) is 20.5. The van der Waals surface area contributed by atoms with Crippen molar-refractivity contribution in [3.8, 4) is 6.07 Å². The van der Waals surface area contributed by atoms with E-state index in [2.05, 4.69) is 36.6 Å². The summed E-state index contributed by atoms with van der Waals surface area (Å²) in [6.45, 7) is 8.01. The predicted octanol–water partition coefficient (Wildman–Crippen LogP) is 3.14. The molecule has 0 radical (unpaired) electrons. The molecule has 0 N–H and O–H groups in total. The van der Waals surface area contributed by atoms with Crippen molar-refractivity contribution in [3.63, 3.8) is 0 Å². The molecule has 2 aromatic heterocycles. The number of aromatic nitrogens is 3. The smallest absolute Gasteiger partial charge is 0.254 e. The van der Waals surface area contributed by atoms with Gasteiger partial charge in [0.2, 0.25) is 0 Å². The topological polar surface area (TPSA) is 70.1 Å². The van der Waals surface area contributed by atoms with Crippen molar-refractivity contribution in [1.29, 1.82) is 5.26 Å². The van der Waals surface area contributed by atoms with E-state index in [1.807, 2.05) is 23.7 Å². The second kappa shape index (κ2) is 8.40. The van der Waals surface area contributed by atoms with Crippen LogP contribution in [0.25, 0.3) is 11.2 Å². The Morgan fingerprint density at radius 1 is 1.16 bits per heavy atom. The Hall–Kier alpha value is -3.18. The molecule has 8 heteroatoms. The molecule has 0 saturated carbocycles. The SMILES string of the molecule is CC(c1ccc(F)cc1)N1C[C@H](C)N(c2cc(=O)n(C)c3c2nc(CC#N)n3C)C[C@H]1C. The highest BCUT2D eigenvalue weighted by atomic mass is 19.1. The van der Waals surface area contributed by atoms with Crippen LogP contribution in [0, 0.1) is 17.1 Å². The lowest BCUT2D eigenvalue weighted by atomic mass is 10.0. The highest BCUT2D eigenvalue weighted by Crippen LogP contribution is 2.32. The van der Waals surface area contributed by atoms with Crippen molar-refractivity contribution >= 4 is 16.9 Å². The molecule has 3 atom stereocenters. The van der Waals surface area contributed by atoms with Gasteiger partial charge in [-0.15, -0.1) is 0 Å². The van der Waals surface area contributed by atoms with Crippen LogP contribution in [0.3, 0.4) is 0 Å². The largest absolute Gasteiger partial charge is 0.364 e. The summed E-state index contributed by atoms with van der Waals surface area (Å²) in [6, 6.07) is 11.0. The quantitative estimate of drug-likeness (QED) is 0.629. The zero-order valence-electron chi connectivity index (χ0n) is 19.2. The van der Waals surface area contributed by atoms with Crippen molar-refractivity contribution in [3.05, 3.63) is 57.9 Å². The lowest BCUT2D eigenvalue weighted by molar-refractivity contribution is 0.119. The number of rotatable bonds is 4. The number of benzene rings is 1. The van der Waals surface area contributed by atoms with E-state index in [1.165, 1.54) is 12.1 Å². The Morgan fingerprint density at radius 2 is 1.84 bits per heavy atom. The average Bonchev–Trinajstić information content (AvgIpc) is 3.09. The van der Waals surface area contributed by atoms with Crippen LogP contribution in [0.15, 0.2) is 35.1 Å². The monoisotopic (exact) mass is 436 g/mol. The summed E-state index contributed by atoms with van der Waals surface area (Å²) in [5.41, 5.74) is 3.27. The van der Waals surface area contributed by atoms with Gasteiger partial charge in [0, 0.05) is 51.4 Å². The number of hydrogen-bond donors (Lipinski definition) is 0. The van der Waals surface area contributed by atoms with Crippen molar-refractivity contribution in [2.24, 2.45) is 14.1 Å². The highest BCUT2D eigenvalue weighted by molar-refractivity contribution is 5.87. The van der Waals surface area contributed by atoms with Crippen molar-refractivity contribution in [2.45, 2.75) is 45.3 Å². The summed E-state index contributed by atoms with van der Waals surface area (Å²) in [5, 5.41) is 9.17. The van der Waals surface area contributed by atoms with Gasteiger partial charge in [0.05, 0.1) is 18.2 Å². The lowest BCUT2D eigenvalue weighted by Gasteiger charge is -2.47. The number of nitrogens with zero attached hydrogens (tertiary/aromatic N) is 6. The fourth-order valence-corrected chi connectivity index (χ4v) is 4.89. The van der Waals surface area contributed by atoms with E-state index in [1.54, 1.807) is 17.7 Å². The van der Waals surface area contributed by atoms with E-state index < -0.39 is 0 Å². The maximum Gasteiger partial charge on any atom is 0.254 e. The first-order chi connectivity index (χ1) is 15.2. The van der Waals surface area contributed by atoms with E-state index in [4.69, 9.17) is 10.2 Å². The van der Waals surface area contributed by atoms with Crippen LogP contribution in [-0.4, -0.2) is 44.2 Å². The molecule has 168 valence electrons. The van der Waals surface area contributed by atoms with E-state index in [9.17, 15) is 9.18 Å². The number of pyridine rings is 1. The number of fused-ring (bicyclic) bond motifs is 1. The van der Waals surface area contributed by atoms with Crippen LogP contribution in [0.4, 0.5) is 10.1 Å². The molecule has 1 aliphatic heterocycles. The van der Waals surface area contributed by atoms with E-state index in [0.717, 1.165) is 35.5 Å².